The van der Waals surface area contributed by atoms with Gasteiger partial charge in [0, 0.05) is 13.0 Å². The highest BCUT2D eigenvalue weighted by molar-refractivity contribution is 5.93. The van der Waals surface area contributed by atoms with Crippen LogP contribution in [0.15, 0.2) is 48.5 Å². The van der Waals surface area contributed by atoms with Crippen molar-refractivity contribution < 1.29 is 38.9 Å². The van der Waals surface area contributed by atoms with Gasteiger partial charge in [-0.3, -0.25) is 9.59 Å². The highest BCUT2D eigenvalue weighted by atomic mass is 16.5. The lowest BCUT2D eigenvalue weighted by atomic mass is 9.98. The number of rotatable bonds is 8. The molecule has 0 heterocycles. The van der Waals surface area contributed by atoms with Gasteiger partial charge in [-0.2, -0.15) is 9.59 Å². The number of carbonyl (C=O) groups excluding carboxylic acids is 5. The minimum absolute atomic E-state index is 0.165. The van der Waals surface area contributed by atoms with E-state index >= 15 is 0 Å². The van der Waals surface area contributed by atoms with Crippen LogP contribution in [0.3, 0.4) is 0 Å². The van der Waals surface area contributed by atoms with E-state index in [9.17, 15) is 24.6 Å². The molecule has 2 rings (SSSR count). The lowest BCUT2D eigenvalue weighted by molar-refractivity contribution is -0.191. The summed E-state index contributed by atoms with van der Waals surface area (Å²) < 4.78 is 4.67. The normalized spacial score (nSPS) is 11.7. The van der Waals surface area contributed by atoms with Crippen molar-refractivity contribution in [1.29, 1.82) is 0 Å². The number of aliphatic hydroxyl groups excluding tert-OH is 2. The van der Waals surface area contributed by atoms with Crippen molar-refractivity contribution in [3.05, 3.63) is 70.8 Å². The van der Waals surface area contributed by atoms with Crippen molar-refractivity contribution in [2.24, 2.45) is 0 Å². The summed E-state index contributed by atoms with van der Waals surface area (Å²) in [7, 11) is 1.25. The van der Waals surface area contributed by atoms with E-state index in [1.807, 2.05) is 6.07 Å². The van der Waals surface area contributed by atoms with Crippen LogP contribution in [0, 0.1) is 6.92 Å². The zero-order chi connectivity index (χ0) is 23.4. The summed E-state index contributed by atoms with van der Waals surface area (Å²) in [6, 6.07) is 13.8. The van der Waals surface area contributed by atoms with Crippen molar-refractivity contribution in [1.82, 2.24) is 5.32 Å². The Hall–Kier alpha value is -3.65. The van der Waals surface area contributed by atoms with E-state index in [2.05, 4.69) is 10.1 Å². The molecule has 0 fully saturated rings. The van der Waals surface area contributed by atoms with Crippen LogP contribution in [0.25, 0.3) is 0 Å². The first-order valence-electron chi connectivity index (χ1n) is 9.12. The van der Waals surface area contributed by atoms with Gasteiger partial charge in [-0.15, -0.1) is 0 Å². The van der Waals surface area contributed by atoms with Gasteiger partial charge in [0.1, 0.15) is 6.10 Å². The third kappa shape index (κ3) is 8.31. The minimum Gasteiger partial charge on any atom is -0.465 e. The van der Waals surface area contributed by atoms with Gasteiger partial charge >= 0.3 is 12.1 Å². The average molecular weight is 429 g/mol. The summed E-state index contributed by atoms with van der Waals surface area (Å²) in [5, 5.41) is 22.5. The van der Waals surface area contributed by atoms with Crippen LogP contribution in [-0.4, -0.2) is 53.3 Å². The Morgan fingerprint density at radius 3 is 2.19 bits per heavy atom. The number of ketones is 1. The zero-order valence-corrected chi connectivity index (χ0v) is 17.0. The van der Waals surface area contributed by atoms with Gasteiger partial charge in [-0.25, -0.2) is 4.79 Å². The molecule has 9 heteroatoms. The number of aliphatic hydroxyl groups is 2. The molecular weight excluding hydrogens is 406 g/mol. The van der Waals surface area contributed by atoms with Crippen LogP contribution >= 0.6 is 0 Å². The summed E-state index contributed by atoms with van der Waals surface area (Å²) in [6.45, 7) is 1.92. The van der Waals surface area contributed by atoms with Crippen molar-refractivity contribution in [3.63, 3.8) is 0 Å². The molecule has 0 aliphatic rings. The van der Waals surface area contributed by atoms with E-state index in [0.717, 1.165) is 11.1 Å². The fourth-order valence-electron chi connectivity index (χ4n) is 2.72. The van der Waals surface area contributed by atoms with Crippen LogP contribution < -0.4 is 5.32 Å². The number of Topliss-reactive ketones (excluding diaryl/α,β-unsaturated/α-hetero) is 1. The number of hydrogen-bond acceptors (Lipinski definition) is 8. The van der Waals surface area contributed by atoms with E-state index < -0.39 is 29.9 Å². The quantitative estimate of drug-likeness (QED) is 0.509. The Kier molecular flexibility index (Phi) is 10.5. The van der Waals surface area contributed by atoms with Gasteiger partial charge in [0.2, 0.25) is 0 Å². The number of amides is 1. The lowest BCUT2D eigenvalue weighted by Gasteiger charge is -2.17. The summed E-state index contributed by atoms with van der Waals surface area (Å²) in [4.78, 5) is 52.2. The molecule has 0 aliphatic heterocycles. The second-order valence-corrected chi connectivity index (χ2v) is 6.52. The van der Waals surface area contributed by atoms with E-state index in [0.29, 0.717) is 5.56 Å². The molecule has 0 aromatic heterocycles. The molecular formula is C22H23NO8. The molecule has 0 bridgehead atoms. The van der Waals surface area contributed by atoms with Crippen LogP contribution in [-0.2, 0) is 36.9 Å². The number of ether oxygens (including phenoxy) is 1. The van der Waals surface area contributed by atoms with Crippen molar-refractivity contribution in [2.45, 2.75) is 32.1 Å². The molecule has 31 heavy (non-hydrogen) atoms. The Labute approximate surface area is 178 Å². The first-order chi connectivity index (χ1) is 14.7. The van der Waals surface area contributed by atoms with Gasteiger partial charge < -0.3 is 20.3 Å². The molecule has 0 unspecified atom stereocenters. The maximum absolute atomic E-state index is 12.3. The maximum atomic E-state index is 12.3. The molecule has 0 radical (unpaired) electrons. The second kappa shape index (κ2) is 12.8. The summed E-state index contributed by atoms with van der Waals surface area (Å²) in [5.74, 6) is -2.12. The molecule has 0 saturated heterocycles. The molecule has 0 saturated carbocycles. The molecule has 9 nitrogen and oxygen atoms in total. The first kappa shape index (κ1) is 25.4. The van der Waals surface area contributed by atoms with Crippen LogP contribution in [0.2, 0.25) is 0 Å². The Balaban J connectivity index is 0.00000151. The highest BCUT2D eigenvalue weighted by Crippen LogP contribution is 2.13. The molecule has 0 aliphatic carbocycles. The summed E-state index contributed by atoms with van der Waals surface area (Å²) >= 11 is 0. The average Bonchev–Trinajstić information content (AvgIpc) is 2.76. The highest BCUT2D eigenvalue weighted by Gasteiger charge is 2.30. The second-order valence-electron chi connectivity index (χ2n) is 6.52. The third-order valence-electron chi connectivity index (χ3n) is 4.14. The fraction of sp³-hybridized carbons (Fsp3) is 0.273. The van der Waals surface area contributed by atoms with Crippen molar-refractivity contribution in [3.8, 4) is 0 Å². The number of aryl methyl sites for hydroxylation is 1. The number of nitrogens with one attached hydrogen (secondary N) is 1. The van der Waals surface area contributed by atoms with E-state index in [1.54, 1.807) is 43.3 Å². The number of hydrogen-bond donors (Lipinski definition) is 3. The van der Waals surface area contributed by atoms with E-state index in [1.165, 1.54) is 13.2 Å². The molecule has 3 N–H and O–H groups in total. The van der Waals surface area contributed by atoms with Gasteiger partial charge in [0.05, 0.1) is 12.7 Å². The largest absolute Gasteiger partial charge is 0.465 e. The Morgan fingerprint density at radius 1 is 1.00 bits per heavy atom. The SMILES string of the molecule is COC(=O)c1cc(C)cc(CC(=O)[C@H](O)[C@@H](O)C(=O)NCc2ccccc2)c1.O=C=O. The van der Waals surface area contributed by atoms with Crippen LogP contribution in [0.4, 0.5) is 0 Å². The monoisotopic (exact) mass is 429 g/mol. The molecule has 0 spiro atoms. The Bertz CT molecular complexity index is 936. The van der Waals surface area contributed by atoms with Gasteiger partial charge in [0.15, 0.2) is 11.9 Å². The predicted octanol–water partition coefficient (Wildman–Crippen LogP) is 0.348. The first-order valence-corrected chi connectivity index (χ1v) is 9.12. The zero-order valence-electron chi connectivity index (χ0n) is 17.0. The van der Waals surface area contributed by atoms with E-state index in [4.69, 9.17) is 9.59 Å². The van der Waals surface area contributed by atoms with E-state index in [-0.39, 0.29) is 24.7 Å². The predicted molar refractivity (Wildman–Crippen MR) is 107 cm³/mol. The Morgan fingerprint density at radius 2 is 1.61 bits per heavy atom. The van der Waals surface area contributed by atoms with Gasteiger partial charge in [-0.05, 0) is 35.7 Å². The third-order valence-corrected chi connectivity index (χ3v) is 4.14. The number of esters is 1. The van der Waals surface area contributed by atoms with Crippen LogP contribution in [0.5, 0.6) is 0 Å². The lowest BCUT2D eigenvalue weighted by Crippen LogP contribution is -2.46. The summed E-state index contributed by atoms with van der Waals surface area (Å²) in [6.07, 6.45) is -3.76. The van der Waals surface area contributed by atoms with Gasteiger partial charge in [0.25, 0.3) is 5.91 Å². The number of carbonyl (C=O) groups is 3. The maximum Gasteiger partial charge on any atom is 0.373 e. The summed E-state index contributed by atoms with van der Waals surface area (Å²) in [5.41, 5.74) is 2.31. The van der Waals surface area contributed by atoms with Gasteiger partial charge in [-0.1, -0.05) is 36.4 Å². The molecule has 2 atom stereocenters. The molecule has 2 aromatic carbocycles. The molecule has 1 amide bonds. The van der Waals surface area contributed by atoms with Crippen LogP contribution in [0.1, 0.15) is 27.0 Å². The topological polar surface area (TPSA) is 147 Å². The van der Waals surface area contributed by atoms with Crippen molar-refractivity contribution >= 4 is 23.8 Å². The molecule has 2 aromatic rings. The smallest absolute Gasteiger partial charge is 0.373 e. The van der Waals surface area contributed by atoms with Crippen molar-refractivity contribution in [2.75, 3.05) is 7.11 Å². The number of benzene rings is 2. The number of methoxy groups -OCH3 is 1. The standard InChI is InChI=1S/C21H23NO6.CO2/c1-13-8-15(10-16(9-13)21(27)28-2)11-17(23)18(24)19(25)20(26)22-12-14-6-4-3-5-7-14;2-1-3/h3-10,18-19,24-25H,11-12H2,1-2H3,(H,22,26);/t18-,19+;/m0./s1. The fourth-order valence-corrected chi connectivity index (χ4v) is 2.72. The minimum atomic E-state index is -1.89. The molecule has 164 valence electrons.